The van der Waals surface area contributed by atoms with E-state index < -0.39 is 28.8 Å². The summed E-state index contributed by atoms with van der Waals surface area (Å²) in [4.78, 5) is -0.298. The number of hydrogen-bond donors (Lipinski definition) is 0. The van der Waals surface area contributed by atoms with Gasteiger partial charge in [-0.15, -0.1) is 0 Å². The first-order valence-corrected chi connectivity index (χ1v) is 7.34. The molecule has 0 N–H and O–H groups in total. The van der Waals surface area contributed by atoms with Gasteiger partial charge in [0.05, 0.1) is 16.5 Å². The van der Waals surface area contributed by atoms with Gasteiger partial charge in [-0.1, -0.05) is 18.5 Å². The zero-order chi connectivity index (χ0) is 14.6. The van der Waals surface area contributed by atoms with Crippen molar-refractivity contribution in [1.82, 2.24) is 4.31 Å². The van der Waals surface area contributed by atoms with Gasteiger partial charge in [0.2, 0.25) is 10.0 Å². The van der Waals surface area contributed by atoms with E-state index in [1.165, 1.54) is 0 Å². The molecule has 1 aromatic rings. The van der Waals surface area contributed by atoms with Crippen LogP contribution in [0.3, 0.4) is 0 Å². The number of hydrogen-bond acceptors (Lipinski definition) is 2. The van der Waals surface area contributed by atoms with Crippen molar-refractivity contribution in [3.63, 3.8) is 0 Å². The maximum absolute atomic E-state index is 13.0. The fourth-order valence-corrected chi connectivity index (χ4v) is 3.28. The Morgan fingerprint density at radius 2 is 2.00 bits per heavy atom. The molecule has 8 heteroatoms. The zero-order valence-corrected chi connectivity index (χ0v) is 11.7. The lowest BCUT2D eigenvalue weighted by atomic mass is 10.3. The van der Waals surface area contributed by atoms with Crippen LogP contribution >= 0.6 is 11.6 Å². The van der Waals surface area contributed by atoms with Crippen LogP contribution in [0.4, 0.5) is 13.2 Å². The summed E-state index contributed by atoms with van der Waals surface area (Å²) in [5.41, 5.74) is 0. The van der Waals surface area contributed by atoms with Crippen LogP contribution in [0, 0.1) is 5.82 Å². The van der Waals surface area contributed by atoms with Crippen molar-refractivity contribution in [2.24, 2.45) is 0 Å². The summed E-state index contributed by atoms with van der Waals surface area (Å²) < 4.78 is 62.7. The van der Waals surface area contributed by atoms with E-state index in [2.05, 4.69) is 0 Å². The Kier molecular flexibility index (Phi) is 5.64. The number of alkyl halides is 2. The topological polar surface area (TPSA) is 37.4 Å². The van der Waals surface area contributed by atoms with Crippen LogP contribution in [0.15, 0.2) is 23.1 Å². The largest absolute Gasteiger partial charge is 0.252 e. The van der Waals surface area contributed by atoms with E-state index >= 15 is 0 Å². The summed E-state index contributed by atoms with van der Waals surface area (Å²) >= 11 is 5.50. The van der Waals surface area contributed by atoms with Crippen LogP contribution in [-0.4, -0.2) is 32.2 Å². The third-order valence-corrected chi connectivity index (χ3v) is 4.49. The number of rotatable bonds is 6. The van der Waals surface area contributed by atoms with Crippen molar-refractivity contribution >= 4 is 21.6 Å². The van der Waals surface area contributed by atoms with Crippen LogP contribution in [0.5, 0.6) is 0 Å². The van der Waals surface area contributed by atoms with E-state index in [-0.39, 0.29) is 16.5 Å². The van der Waals surface area contributed by atoms with Crippen LogP contribution in [0.1, 0.15) is 13.3 Å². The summed E-state index contributed by atoms with van der Waals surface area (Å²) in [5.74, 6) is -0.767. The van der Waals surface area contributed by atoms with E-state index in [9.17, 15) is 21.6 Å². The Morgan fingerprint density at radius 3 is 2.47 bits per heavy atom. The molecule has 0 aliphatic carbocycles. The van der Waals surface area contributed by atoms with E-state index in [1.54, 1.807) is 6.92 Å². The Balaban J connectivity index is 3.14. The molecular weight excluding hydrogens is 303 g/mol. The molecule has 0 aliphatic heterocycles. The molecule has 0 saturated carbocycles. The van der Waals surface area contributed by atoms with Gasteiger partial charge >= 0.3 is 0 Å². The Morgan fingerprint density at radius 1 is 1.37 bits per heavy atom. The maximum Gasteiger partial charge on any atom is 0.252 e. The van der Waals surface area contributed by atoms with Gasteiger partial charge in [-0.3, -0.25) is 0 Å². The Bertz CT molecular complexity index is 537. The fraction of sp³-hybridized carbons (Fsp3) is 0.455. The minimum atomic E-state index is -4.10. The standard InChI is InChI=1S/C11H13ClF3NO2S/c1-2-5-16(7-11(14)15)19(17,18)8-3-4-10(13)9(12)6-8/h3-4,6,11H,2,5,7H2,1H3. The van der Waals surface area contributed by atoms with Crippen LogP contribution in [0.25, 0.3) is 0 Å². The van der Waals surface area contributed by atoms with Gasteiger partial charge in [0.15, 0.2) is 0 Å². The first-order chi connectivity index (χ1) is 8.78. The van der Waals surface area contributed by atoms with E-state index in [0.717, 1.165) is 18.2 Å². The molecule has 19 heavy (non-hydrogen) atoms. The highest BCUT2D eigenvalue weighted by Crippen LogP contribution is 2.23. The summed E-state index contributed by atoms with van der Waals surface area (Å²) in [6.45, 7) is 0.735. The quantitative estimate of drug-likeness (QED) is 0.808. The van der Waals surface area contributed by atoms with Gasteiger partial charge < -0.3 is 0 Å². The smallest absolute Gasteiger partial charge is 0.209 e. The second kappa shape index (κ2) is 6.58. The van der Waals surface area contributed by atoms with Gasteiger partial charge in [0, 0.05) is 6.54 Å². The molecule has 0 saturated heterocycles. The van der Waals surface area contributed by atoms with Crippen LogP contribution in [-0.2, 0) is 10.0 Å². The second-order valence-electron chi connectivity index (χ2n) is 3.83. The normalized spacial score (nSPS) is 12.4. The molecule has 0 radical (unpaired) electrons. The molecule has 0 unspecified atom stereocenters. The van der Waals surface area contributed by atoms with Crippen molar-refractivity contribution in [1.29, 1.82) is 0 Å². The van der Waals surface area contributed by atoms with Crippen molar-refractivity contribution in [3.8, 4) is 0 Å². The molecule has 0 fully saturated rings. The number of sulfonamides is 1. The molecule has 1 aromatic carbocycles. The van der Waals surface area contributed by atoms with Crippen molar-refractivity contribution < 1.29 is 21.6 Å². The zero-order valence-electron chi connectivity index (χ0n) is 10.1. The molecule has 0 heterocycles. The van der Waals surface area contributed by atoms with Gasteiger partial charge in [0.25, 0.3) is 6.43 Å². The van der Waals surface area contributed by atoms with Crippen LogP contribution in [0.2, 0.25) is 5.02 Å². The summed E-state index contributed by atoms with van der Waals surface area (Å²) in [6.07, 6.45) is -2.39. The minimum Gasteiger partial charge on any atom is -0.209 e. The van der Waals surface area contributed by atoms with E-state index in [4.69, 9.17) is 11.6 Å². The van der Waals surface area contributed by atoms with Crippen molar-refractivity contribution in [3.05, 3.63) is 29.0 Å². The molecule has 108 valence electrons. The molecule has 0 aromatic heterocycles. The lowest BCUT2D eigenvalue weighted by molar-refractivity contribution is 0.119. The van der Waals surface area contributed by atoms with Gasteiger partial charge in [-0.2, -0.15) is 4.31 Å². The molecule has 0 amide bonds. The predicted molar refractivity (Wildman–Crippen MR) is 66.5 cm³/mol. The first kappa shape index (κ1) is 16.3. The van der Waals surface area contributed by atoms with Gasteiger partial charge in [0.1, 0.15) is 5.82 Å². The second-order valence-corrected chi connectivity index (χ2v) is 6.18. The highest BCUT2D eigenvalue weighted by atomic mass is 35.5. The predicted octanol–water partition coefficient (Wildman–Crippen LogP) is 3.14. The van der Waals surface area contributed by atoms with Crippen molar-refractivity contribution in [2.75, 3.05) is 13.1 Å². The lowest BCUT2D eigenvalue weighted by Crippen LogP contribution is -2.35. The molecular formula is C11H13ClF3NO2S. The minimum absolute atomic E-state index is 0.0400. The number of nitrogens with zero attached hydrogens (tertiary/aromatic N) is 1. The van der Waals surface area contributed by atoms with E-state index in [1.807, 2.05) is 0 Å². The summed E-state index contributed by atoms with van der Waals surface area (Å²) in [6, 6.07) is 2.81. The number of halogens is 4. The molecule has 0 bridgehead atoms. The average Bonchev–Trinajstić information content (AvgIpc) is 2.31. The summed E-state index contributed by atoms with van der Waals surface area (Å²) in [7, 11) is -4.10. The SMILES string of the molecule is CCCN(CC(F)F)S(=O)(=O)c1ccc(F)c(Cl)c1. The molecule has 3 nitrogen and oxygen atoms in total. The Labute approximate surface area is 115 Å². The van der Waals surface area contributed by atoms with Gasteiger partial charge in [-0.25, -0.2) is 21.6 Å². The maximum atomic E-state index is 13.0. The molecule has 0 spiro atoms. The molecule has 0 aliphatic rings. The molecule has 0 atom stereocenters. The fourth-order valence-electron chi connectivity index (χ4n) is 1.50. The highest BCUT2D eigenvalue weighted by molar-refractivity contribution is 7.89. The average molecular weight is 316 g/mol. The third-order valence-electron chi connectivity index (χ3n) is 2.34. The molecule has 1 rings (SSSR count). The van der Waals surface area contributed by atoms with Crippen molar-refractivity contribution in [2.45, 2.75) is 24.7 Å². The monoisotopic (exact) mass is 315 g/mol. The highest BCUT2D eigenvalue weighted by Gasteiger charge is 2.27. The number of benzene rings is 1. The van der Waals surface area contributed by atoms with Crippen LogP contribution < -0.4 is 0 Å². The lowest BCUT2D eigenvalue weighted by Gasteiger charge is -2.21. The van der Waals surface area contributed by atoms with Gasteiger partial charge in [-0.05, 0) is 24.6 Å². The summed E-state index contributed by atoms with van der Waals surface area (Å²) in [5, 5.41) is -0.366. The first-order valence-electron chi connectivity index (χ1n) is 5.52. The third kappa shape index (κ3) is 4.09. The van der Waals surface area contributed by atoms with E-state index in [0.29, 0.717) is 10.7 Å². The Hall–Kier alpha value is -0.790.